The lowest BCUT2D eigenvalue weighted by Crippen LogP contribution is -2.48. The standard InChI is InChI=1S/C38H44F2N4O3.ClH/c1-4-13-44(14-5-2)38(47)32-20-30(29-11-8-12-41-24-29)19-31(21-32)37(46)43-35(18-28-16-33(39)22-34(40)17-28)36(45)25-42-23-27-10-7-9-26(6-3)15-27;/h7-12,15-17,19-22,24,35-36,42,45H,4-6,13-14,18,23,25H2,1-3H3,(H,43,46);1H/t35-,36+;/m0./s1. The van der Waals surface area contributed by atoms with Crippen LogP contribution in [0.4, 0.5) is 8.78 Å². The van der Waals surface area contributed by atoms with Crippen molar-refractivity contribution in [2.45, 2.75) is 65.1 Å². The molecule has 7 nitrogen and oxygen atoms in total. The van der Waals surface area contributed by atoms with Crippen LogP contribution in [0.15, 0.2) is 85.2 Å². The van der Waals surface area contributed by atoms with Crippen LogP contribution >= 0.6 is 12.4 Å². The first-order chi connectivity index (χ1) is 22.7. The van der Waals surface area contributed by atoms with Crippen LogP contribution in [0, 0.1) is 11.6 Å². The number of rotatable bonds is 16. The first kappa shape index (κ1) is 38.3. The van der Waals surface area contributed by atoms with Crippen LogP contribution in [0.25, 0.3) is 11.1 Å². The molecular weight excluding hydrogens is 634 g/mol. The molecule has 0 aliphatic rings. The summed E-state index contributed by atoms with van der Waals surface area (Å²) in [4.78, 5) is 33.5. The zero-order valence-electron chi connectivity index (χ0n) is 27.7. The second-order valence-electron chi connectivity index (χ2n) is 11.8. The number of aryl methyl sites for hydroxylation is 1. The van der Waals surface area contributed by atoms with Crippen molar-refractivity contribution in [2.24, 2.45) is 0 Å². The van der Waals surface area contributed by atoms with Gasteiger partial charge in [0.15, 0.2) is 0 Å². The van der Waals surface area contributed by atoms with Gasteiger partial charge in [-0.1, -0.05) is 51.1 Å². The van der Waals surface area contributed by atoms with Crippen LogP contribution in [0.1, 0.15) is 71.0 Å². The number of carbonyl (C=O) groups is 2. The lowest BCUT2D eigenvalue weighted by atomic mass is 9.97. The number of hydrogen-bond donors (Lipinski definition) is 3. The number of nitrogens with zero attached hydrogens (tertiary/aromatic N) is 2. The van der Waals surface area contributed by atoms with Gasteiger partial charge in [-0.3, -0.25) is 14.6 Å². The second kappa shape index (κ2) is 19.0. The number of benzene rings is 3. The van der Waals surface area contributed by atoms with Gasteiger partial charge in [0.05, 0.1) is 12.1 Å². The third-order valence-corrected chi connectivity index (χ3v) is 7.95. The fourth-order valence-electron chi connectivity index (χ4n) is 5.60. The number of hydrogen-bond acceptors (Lipinski definition) is 5. The Bertz CT molecular complexity index is 1610. The highest BCUT2D eigenvalue weighted by atomic mass is 35.5. The molecule has 0 spiro atoms. The van der Waals surface area contributed by atoms with Gasteiger partial charge in [0.2, 0.25) is 0 Å². The number of nitrogens with one attached hydrogen (secondary N) is 2. The maximum Gasteiger partial charge on any atom is 0.253 e. The molecule has 0 bridgehead atoms. The minimum absolute atomic E-state index is 0. The topological polar surface area (TPSA) is 94.6 Å². The van der Waals surface area contributed by atoms with Crippen molar-refractivity contribution in [3.8, 4) is 11.1 Å². The number of aromatic nitrogens is 1. The van der Waals surface area contributed by atoms with Crippen molar-refractivity contribution >= 4 is 24.2 Å². The van der Waals surface area contributed by atoms with Gasteiger partial charge >= 0.3 is 0 Å². The van der Waals surface area contributed by atoms with Crippen LogP contribution in [-0.2, 0) is 19.4 Å². The molecule has 10 heteroatoms. The minimum Gasteiger partial charge on any atom is -0.390 e. The van der Waals surface area contributed by atoms with E-state index in [-0.39, 0.29) is 42.4 Å². The molecule has 2 atom stereocenters. The molecule has 0 saturated carbocycles. The molecule has 0 fully saturated rings. The fraction of sp³-hybridized carbons (Fsp3) is 0.342. The van der Waals surface area contributed by atoms with E-state index in [0.29, 0.717) is 30.8 Å². The van der Waals surface area contributed by atoms with Crippen LogP contribution in [-0.4, -0.2) is 58.6 Å². The average Bonchev–Trinajstić information content (AvgIpc) is 3.07. The normalized spacial score (nSPS) is 12.1. The third kappa shape index (κ3) is 10.9. The van der Waals surface area contributed by atoms with Crippen LogP contribution < -0.4 is 10.6 Å². The Morgan fingerprint density at radius 1 is 0.833 bits per heavy atom. The average molecular weight is 679 g/mol. The predicted octanol–water partition coefficient (Wildman–Crippen LogP) is 6.77. The summed E-state index contributed by atoms with van der Waals surface area (Å²) in [5, 5.41) is 17.5. The number of halogens is 3. The zero-order chi connectivity index (χ0) is 33.8. The molecule has 4 rings (SSSR count). The summed E-state index contributed by atoms with van der Waals surface area (Å²) in [5.74, 6) is -2.20. The van der Waals surface area contributed by atoms with Gasteiger partial charge in [-0.2, -0.15) is 0 Å². The molecule has 0 saturated heterocycles. The highest BCUT2D eigenvalue weighted by Crippen LogP contribution is 2.24. The Morgan fingerprint density at radius 2 is 1.52 bits per heavy atom. The molecule has 0 radical (unpaired) electrons. The lowest BCUT2D eigenvalue weighted by Gasteiger charge is -2.26. The van der Waals surface area contributed by atoms with E-state index in [1.807, 2.05) is 32.0 Å². The molecule has 256 valence electrons. The van der Waals surface area contributed by atoms with Gasteiger partial charge in [0, 0.05) is 61.3 Å². The Labute approximate surface area is 288 Å². The van der Waals surface area contributed by atoms with Crippen molar-refractivity contribution in [3.05, 3.63) is 125 Å². The highest BCUT2D eigenvalue weighted by molar-refractivity contribution is 6.01. The predicted molar refractivity (Wildman–Crippen MR) is 188 cm³/mol. The number of pyridine rings is 1. The summed E-state index contributed by atoms with van der Waals surface area (Å²) in [5.41, 5.74) is 4.49. The Morgan fingerprint density at radius 3 is 2.17 bits per heavy atom. The van der Waals surface area contributed by atoms with Crippen molar-refractivity contribution in [1.29, 1.82) is 0 Å². The summed E-state index contributed by atoms with van der Waals surface area (Å²) in [7, 11) is 0. The van der Waals surface area contributed by atoms with Crippen molar-refractivity contribution < 1.29 is 23.5 Å². The largest absolute Gasteiger partial charge is 0.390 e. The maximum absolute atomic E-state index is 14.1. The summed E-state index contributed by atoms with van der Waals surface area (Å²) in [6.07, 6.45) is 4.66. The van der Waals surface area contributed by atoms with Gasteiger partial charge in [0.25, 0.3) is 11.8 Å². The van der Waals surface area contributed by atoms with E-state index >= 15 is 0 Å². The Hall–Kier alpha value is -4.18. The maximum atomic E-state index is 14.1. The number of carbonyl (C=O) groups excluding carboxylic acids is 2. The molecule has 2 amide bonds. The van der Waals surface area contributed by atoms with Gasteiger partial charge in [-0.15, -0.1) is 12.4 Å². The van der Waals surface area contributed by atoms with Gasteiger partial charge in [0.1, 0.15) is 11.6 Å². The molecule has 1 aromatic heterocycles. The molecule has 4 aromatic rings. The third-order valence-electron chi connectivity index (χ3n) is 7.95. The fourth-order valence-corrected chi connectivity index (χ4v) is 5.60. The van der Waals surface area contributed by atoms with Gasteiger partial charge in [-0.05, 0) is 84.3 Å². The molecule has 1 heterocycles. The molecular formula is C38H45ClF2N4O3. The summed E-state index contributed by atoms with van der Waals surface area (Å²) in [6.45, 7) is 7.86. The summed E-state index contributed by atoms with van der Waals surface area (Å²) in [6, 6.07) is 19.0. The van der Waals surface area contributed by atoms with Gasteiger partial charge in [-0.25, -0.2) is 8.78 Å². The highest BCUT2D eigenvalue weighted by Gasteiger charge is 2.25. The van der Waals surface area contributed by atoms with E-state index in [0.717, 1.165) is 36.5 Å². The smallest absolute Gasteiger partial charge is 0.253 e. The van der Waals surface area contributed by atoms with E-state index in [9.17, 15) is 23.5 Å². The van der Waals surface area contributed by atoms with E-state index in [1.165, 1.54) is 17.7 Å². The second-order valence-corrected chi connectivity index (χ2v) is 11.8. The van der Waals surface area contributed by atoms with Crippen LogP contribution in [0.2, 0.25) is 0 Å². The molecule has 48 heavy (non-hydrogen) atoms. The van der Waals surface area contributed by atoms with E-state index < -0.39 is 29.7 Å². The lowest BCUT2D eigenvalue weighted by molar-refractivity contribution is 0.0755. The van der Waals surface area contributed by atoms with E-state index in [1.54, 1.807) is 41.6 Å². The quantitative estimate of drug-likeness (QED) is 0.122. The molecule has 0 unspecified atom stereocenters. The molecule has 3 aromatic carbocycles. The van der Waals surface area contributed by atoms with Gasteiger partial charge < -0.3 is 20.6 Å². The molecule has 0 aliphatic carbocycles. The minimum atomic E-state index is -1.10. The van der Waals surface area contributed by atoms with Crippen LogP contribution in [0.3, 0.4) is 0 Å². The van der Waals surface area contributed by atoms with E-state index in [4.69, 9.17) is 0 Å². The summed E-state index contributed by atoms with van der Waals surface area (Å²) >= 11 is 0. The number of amides is 2. The zero-order valence-corrected chi connectivity index (χ0v) is 28.5. The summed E-state index contributed by atoms with van der Waals surface area (Å²) < 4.78 is 28.2. The molecule has 3 N–H and O–H groups in total. The Balaban J connectivity index is 0.00000625. The first-order valence-corrected chi connectivity index (χ1v) is 16.3. The van der Waals surface area contributed by atoms with Crippen LogP contribution in [0.5, 0.6) is 0 Å². The van der Waals surface area contributed by atoms with E-state index in [2.05, 4.69) is 34.7 Å². The monoisotopic (exact) mass is 678 g/mol. The van der Waals surface area contributed by atoms with Crippen molar-refractivity contribution in [1.82, 2.24) is 20.5 Å². The SMILES string of the molecule is CCCN(CCC)C(=O)c1cc(C(=O)N[C@@H](Cc2cc(F)cc(F)c2)[C@H](O)CNCc2cccc(CC)c2)cc(-c2cccnc2)c1.Cl. The Kier molecular flexibility index (Phi) is 15.1. The number of aliphatic hydroxyl groups is 1. The van der Waals surface area contributed by atoms with Crippen molar-refractivity contribution in [2.75, 3.05) is 19.6 Å². The number of aliphatic hydroxyl groups excluding tert-OH is 1. The molecule has 0 aliphatic heterocycles. The first-order valence-electron chi connectivity index (χ1n) is 16.3. The van der Waals surface area contributed by atoms with Crippen molar-refractivity contribution in [3.63, 3.8) is 0 Å².